The fourth-order valence-electron chi connectivity index (χ4n) is 3.17. The molecule has 0 unspecified atom stereocenters. The van der Waals surface area contributed by atoms with Gasteiger partial charge in [0.05, 0.1) is 5.69 Å². The minimum atomic E-state index is -3.58. The lowest BCUT2D eigenvalue weighted by molar-refractivity contribution is 0.445. The van der Waals surface area contributed by atoms with Crippen LogP contribution in [0, 0.1) is 6.92 Å². The molecule has 0 bridgehead atoms. The summed E-state index contributed by atoms with van der Waals surface area (Å²) < 4.78 is 27.5. The van der Waals surface area contributed by atoms with Gasteiger partial charge >= 0.3 is 0 Å². The van der Waals surface area contributed by atoms with Crippen LogP contribution in [0.3, 0.4) is 0 Å². The summed E-state index contributed by atoms with van der Waals surface area (Å²) in [6.07, 6.45) is 1.71. The van der Waals surface area contributed by atoms with Crippen molar-refractivity contribution in [3.63, 3.8) is 0 Å². The van der Waals surface area contributed by atoms with E-state index in [4.69, 9.17) is 0 Å². The van der Waals surface area contributed by atoms with Gasteiger partial charge in [-0.15, -0.1) is 0 Å². The third kappa shape index (κ3) is 4.81. The predicted molar refractivity (Wildman–Crippen MR) is 120 cm³/mol. The fourth-order valence-corrected chi connectivity index (χ4v) is 4.85. The van der Waals surface area contributed by atoms with Gasteiger partial charge in [-0.2, -0.15) is 4.31 Å². The van der Waals surface area contributed by atoms with Crippen molar-refractivity contribution in [1.82, 2.24) is 4.31 Å². The summed E-state index contributed by atoms with van der Waals surface area (Å²) >= 11 is 0. The van der Waals surface area contributed by atoms with Crippen LogP contribution in [0.4, 0.5) is 5.69 Å². The molecule has 0 aromatic heterocycles. The molecule has 0 spiro atoms. The standard InChI is InChI=1S/C24H26N2O2S/c1-4-26(5-2)29(27,28)24-17-19(3)11-16-23(24)25-18-20-12-14-22(15-13-20)21-9-7-6-8-10-21/h6-18H,4-5H2,1-3H3. The second-order valence-corrected chi connectivity index (χ2v) is 8.71. The molecule has 0 atom stereocenters. The van der Waals surface area contributed by atoms with Crippen LogP contribution in [0.2, 0.25) is 0 Å². The minimum Gasteiger partial charge on any atom is -0.255 e. The van der Waals surface area contributed by atoms with Crippen LogP contribution >= 0.6 is 0 Å². The number of aliphatic imine (C=N–C) groups is 1. The summed E-state index contributed by atoms with van der Waals surface area (Å²) in [5, 5.41) is 0. The van der Waals surface area contributed by atoms with Gasteiger partial charge in [-0.05, 0) is 41.3 Å². The first-order valence-electron chi connectivity index (χ1n) is 9.76. The molecule has 5 heteroatoms. The van der Waals surface area contributed by atoms with Gasteiger partial charge in [0.15, 0.2) is 0 Å². The van der Waals surface area contributed by atoms with Crippen molar-refractivity contribution in [1.29, 1.82) is 0 Å². The van der Waals surface area contributed by atoms with Crippen molar-refractivity contribution in [2.75, 3.05) is 13.1 Å². The summed E-state index contributed by atoms with van der Waals surface area (Å²) in [5.74, 6) is 0. The maximum absolute atomic E-state index is 13.0. The Bertz CT molecular complexity index is 1090. The molecule has 0 amide bonds. The number of benzene rings is 3. The van der Waals surface area contributed by atoms with Gasteiger partial charge in [0.25, 0.3) is 0 Å². The SMILES string of the molecule is CCN(CC)S(=O)(=O)c1cc(C)ccc1N=Cc1ccc(-c2ccccc2)cc1. The topological polar surface area (TPSA) is 49.7 Å². The zero-order valence-corrected chi connectivity index (χ0v) is 17.9. The van der Waals surface area contributed by atoms with E-state index in [0.717, 1.165) is 22.3 Å². The number of sulfonamides is 1. The van der Waals surface area contributed by atoms with E-state index in [0.29, 0.717) is 18.8 Å². The number of nitrogens with zero attached hydrogens (tertiary/aromatic N) is 2. The van der Waals surface area contributed by atoms with Gasteiger partial charge in [-0.3, -0.25) is 4.99 Å². The average Bonchev–Trinajstić information content (AvgIpc) is 2.74. The van der Waals surface area contributed by atoms with E-state index < -0.39 is 10.0 Å². The number of rotatable bonds is 7. The molecule has 29 heavy (non-hydrogen) atoms. The largest absolute Gasteiger partial charge is 0.255 e. The second-order valence-electron chi connectivity index (χ2n) is 6.81. The van der Waals surface area contributed by atoms with E-state index in [-0.39, 0.29) is 4.90 Å². The molecule has 150 valence electrons. The van der Waals surface area contributed by atoms with Crippen molar-refractivity contribution < 1.29 is 8.42 Å². The fraction of sp³-hybridized carbons (Fsp3) is 0.208. The molecule has 0 aliphatic rings. The molecule has 0 aliphatic heterocycles. The molecular formula is C24H26N2O2S. The van der Waals surface area contributed by atoms with Gasteiger partial charge in [0.1, 0.15) is 4.90 Å². The van der Waals surface area contributed by atoms with E-state index in [9.17, 15) is 8.42 Å². The lowest BCUT2D eigenvalue weighted by Gasteiger charge is -2.19. The van der Waals surface area contributed by atoms with Gasteiger partial charge in [0.2, 0.25) is 10.0 Å². The summed E-state index contributed by atoms with van der Waals surface area (Å²) in [6, 6.07) is 23.6. The lowest BCUT2D eigenvalue weighted by atomic mass is 10.0. The highest BCUT2D eigenvalue weighted by molar-refractivity contribution is 7.89. The summed E-state index contributed by atoms with van der Waals surface area (Å²) in [6.45, 7) is 6.42. The molecule has 3 aromatic rings. The molecule has 0 N–H and O–H groups in total. The molecule has 3 aromatic carbocycles. The summed E-state index contributed by atoms with van der Waals surface area (Å²) in [4.78, 5) is 4.75. The van der Waals surface area contributed by atoms with Crippen LogP contribution in [0.15, 0.2) is 82.7 Å². The zero-order chi connectivity index (χ0) is 20.9. The molecule has 3 rings (SSSR count). The quantitative estimate of drug-likeness (QED) is 0.490. The highest BCUT2D eigenvalue weighted by Crippen LogP contribution is 2.28. The Morgan fingerprint density at radius 1 is 0.862 bits per heavy atom. The Hall–Kier alpha value is -2.76. The third-order valence-electron chi connectivity index (χ3n) is 4.81. The normalized spacial score (nSPS) is 12.0. The number of hydrogen-bond acceptors (Lipinski definition) is 3. The number of aryl methyl sites for hydroxylation is 1. The van der Waals surface area contributed by atoms with Crippen LogP contribution in [-0.4, -0.2) is 32.0 Å². The average molecular weight is 407 g/mol. The third-order valence-corrected chi connectivity index (χ3v) is 6.89. The van der Waals surface area contributed by atoms with Crippen molar-refractivity contribution in [2.45, 2.75) is 25.7 Å². The Kier molecular flexibility index (Phi) is 6.62. The van der Waals surface area contributed by atoms with Gasteiger partial charge in [-0.25, -0.2) is 8.42 Å². The molecular weight excluding hydrogens is 380 g/mol. The molecule has 0 aliphatic carbocycles. The van der Waals surface area contributed by atoms with Crippen LogP contribution in [-0.2, 0) is 10.0 Å². The van der Waals surface area contributed by atoms with E-state index in [1.807, 2.05) is 69.3 Å². The highest BCUT2D eigenvalue weighted by atomic mass is 32.2. The summed E-state index contributed by atoms with van der Waals surface area (Å²) in [5.41, 5.74) is 4.54. The minimum absolute atomic E-state index is 0.248. The maximum Gasteiger partial charge on any atom is 0.245 e. The highest BCUT2D eigenvalue weighted by Gasteiger charge is 2.24. The molecule has 0 saturated heterocycles. The van der Waals surface area contributed by atoms with Crippen LogP contribution in [0.1, 0.15) is 25.0 Å². The van der Waals surface area contributed by atoms with Gasteiger partial charge in [0, 0.05) is 19.3 Å². The monoisotopic (exact) mass is 406 g/mol. The van der Waals surface area contributed by atoms with Crippen molar-refractivity contribution in [3.8, 4) is 11.1 Å². The Morgan fingerprint density at radius 2 is 1.48 bits per heavy atom. The smallest absolute Gasteiger partial charge is 0.245 e. The maximum atomic E-state index is 13.0. The predicted octanol–water partition coefficient (Wildman–Crippen LogP) is 5.44. The number of hydrogen-bond donors (Lipinski definition) is 0. The zero-order valence-electron chi connectivity index (χ0n) is 17.0. The van der Waals surface area contributed by atoms with Crippen molar-refractivity contribution in [3.05, 3.63) is 83.9 Å². The molecule has 0 saturated carbocycles. The van der Waals surface area contributed by atoms with Crippen molar-refractivity contribution in [2.24, 2.45) is 4.99 Å². The first kappa shape index (κ1) is 21.0. The van der Waals surface area contributed by atoms with Gasteiger partial charge in [-0.1, -0.05) is 74.5 Å². The molecule has 4 nitrogen and oxygen atoms in total. The van der Waals surface area contributed by atoms with Gasteiger partial charge < -0.3 is 0 Å². The Morgan fingerprint density at radius 3 is 2.10 bits per heavy atom. The van der Waals surface area contributed by atoms with Crippen LogP contribution in [0.25, 0.3) is 11.1 Å². The Balaban J connectivity index is 1.91. The molecule has 0 fully saturated rings. The first-order valence-corrected chi connectivity index (χ1v) is 11.2. The van der Waals surface area contributed by atoms with Crippen LogP contribution in [0.5, 0.6) is 0 Å². The van der Waals surface area contributed by atoms with E-state index in [2.05, 4.69) is 17.1 Å². The van der Waals surface area contributed by atoms with E-state index in [1.165, 1.54) is 4.31 Å². The van der Waals surface area contributed by atoms with E-state index >= 15 is 0 Å². The Labute approximate surface area is 173 Å². The first-order chi connectivity index (χ1) is 14.0. The molecule has 0 radical (unpaired) electrons. The second kappa shape index (κ2) is 9.16. The molecule has 0 heterocycles. The van der Waals surface area contributed by atoms with Crippen LogP contribution < -0.4 is 0 Å². The lowest BCUT2D eigenvalue weighted by Crippen LogP contribution is -2.30. The van der Waals surface area contributed by atoms with Crippen molar-refractivity contribution >= 4 is 21.9 Å². The summed E-state index contributed by atoms with van der Waals surface area (Å²) in [7, 11) is -3.58. The van der Waals surface area contributed by atoms with E-state index in [1.54, 1.807) is 18.3 Å².